The number of piperazine rings is 1. The summed E-state index contributed by atoms with van der Waals surface area (Å²) in [6.07, 6.45) is 0.637. The van der Waals surface area contributed by atoms with Crippen molar-refractivity contribution in [1.29, 1.82) is 0 Å². The van der Waals surface area contributed by atoms with Crippen molar-refractivity contribution in [3.05, 3.63) is 21.9 Å². The Labute approximate surface area is 130 Å². The van der Waals surface area contributed by atoms with E-state index in [0.717, 1.165) is 5.56 Å². The topological polar surface area (TPSA) is 49.4 Å². The van der Waals surface area contributed by atoms with Gasteiger partial charge < -0.3 is 10.2 Å². The van der Waals surface area contributed by atoms with Crippen LogP contribution in [-0.4, -0.2) is 28.8 Å². The number of carbonyl (C=O) groups is 2. The Morgan fingerprint density at radius 3 is 2.43 bits per heavy atom. The first kappa shape index (κ1) is 16.0. The molecule has 2 atom stereocenters. The quantitative estimate of drug-likeness (QED) is 0.933. The molecule has 2 rings (SSSR count). The van der Waals surface area contributed by atoms with Gasteiger partial charge in [-0.05, 0) is 40.6 Å². The predicted molar refractivity (Wildman–Crippen MR) is 85.1 cm³/mol. The van der Waals surface area contributed by atoms with Gasteiger partial charge in [0.2, 0.25) is 11.8 Å². The third-order valence-electron chi connectivity index (χ3n) is 4.05. The van der Waals surface area contributed by atoms with Crippen LogP contribution in [0.2, 0.25) is 0 Å². The molecule has 116 valence electrons. The number of rotatable bonds is 3. The SMILES string of the molecule is CCC1C(=O)NC(C(C)(C)C)C(=O)N1Cc1cscc1C. The van der Waals surface area contributed by atoms with Crippen molar-refractivity contribution in [3.8, 4) is 0 Å². The second-order valence-electron chi connectivity index (χ2n) is 6.78. The van der Waals surface area contributed by atoms with Crippen LogP contribution in [0.15, 0.2) is 10.8 Å². The van der Waals surface area contributed by atoms with E-state index in [9.17, 15) is 9.59 Å². The largest absolute Gasteiger partial charge is 0.342 e. The summed E-state index contributed by atoms with van der Waals surface area (Å²) >= 11 is 1.63. The number of amides is 2. The maximum Gasteiger partial charge on any atom is 0.246 e. The first-order valence-corrected chi connectivity index (χ1v) is 8.32. The molecule has 0 bridgehead atoms. The predicted octanol–water partition coefficient (Wildman–Crippen LogP) is 2.71. The van der Waals surface area contributed by atoms with Crippen molar-refractivity contribution in [2.45, 2.75) is 59.7 Å². The summed E-state index contributed by atoms with van der Waals surface area (Å²) in [5.74, 6) is -0.00976. The molecular formula is C16H24N2O2S. The van der Waals surface area contributed by atoms with Crippen molar-refractivity contribution in [1.82, 2.24) is 10.2 Å². The summed E-state index contributed by atoms with van der Waals surface area (Å²) in [6, 6.07) is -0.817. The second kappa shape index (κ2) is 5.79. The minimum atomic E-state index is -0.452. The van der Waals surface area contributed by atoms with E-state index in [-0.39, 0.29) is 23.3 Å². The lowest BCUT2D eigenvalue weighted by molar-refractivity contribution is -0.153. The zero-order chi connectivity index (χ0) is 15.8. The molecule has 1 saturated heterocycles. The van der Waals surface area contributed by atoms with Crippen molar-refractivity contribution in [2.24, 2.45) is 5.41 Å². The summed E-state index contributed by atoms with van der Waals surface area (Å²) in [5, 5.41) is 7.04. The highest BCUT2D eigenvalue weighted by molar-refractivity contribution is 7.08. The van der Waals surface area contributed by atoms with Gasteiger partial charge in [-0.1, -0.05) is 27.7 Å². The van der Waals surface area contributed by atoms with E-state index in [1.54, 1.807) is 16.2 Å². The van der Waals surface area contributed by atoms with Crippen LogP contribution in [0.5, 0.6) is 0 Å². The molecule has 0 aromatic carbocycles. The molecule has 0 saturated carbocycles. The Hall–Kier alpha value is -1.36. The molecule has 1 aromatic rings. The van der Waals surface area contributed by atoms with Gasteiger partial charge in [0.15, 0.2) is 0 Å². The lowest BCUT2D eigenvalue weighted by Gasteiger charge is -2.43. The number of nitrogens with zero attached hydrogens (tertiary/aromatic N) is 1. The Morgan fingerprint density at radius 1 is 1.29 bits per heavy atom. The van der Waals surface area contributed by atoms with Crippen molar-refractivity contribution >= 4 is 23.2 Å². The number of aryl methyl sites for hydroxylation is 1. The summed E-state index contributed by atoms with van der Waals surface area (Å²) in [5.41, 5.74) is 2.03. The van der Waals surface area contributed by atoms with Gasteiger partial charge in [-0.2, -0.15) is 11.3 Å². The average molecular weight is 308 g/mol. The van der Waals surface area contributed by atoms with Crippen LogP contribution < -0.4 is 5.32 Å². The molecular weight excluding hydrogens is 284 g/mol. The lowest BCUT2D eigenvalue weighted by Crippen LogP contribution is -2.66. The van der Waals surface area contributed by atoms with Gasteiger partial charge in [0, 0.05) is 6.54 Å². The normalized spacial score (nSPS) is 23.4. The third-order valence-corrected chi connectivity index (χ3v) is 4.96. The molecule has 1 aromatic heterocycles. The molecule has 2 unspecified atom stereocenters. The van der Waals surface area contributed by atoms with Gasteiger partial charge >= 0.3 is 0 Å². The van der Waals surface area contributed by atoms with Crippen LogP contribution in [0.4, 0.5) is 0 Å². The van der Waals surface area contributed by atoms with Crippen molar-refractivity contribution in [3.63, 3.8) is 0 Å². The van der Waals surface area contributed by atoms with Gasteiger partial charge in [0.25, 0.3) is 0 Å². The van der Waals surface area contributed by atoms with Gasteiger partial charge in [-0.25, -0.2) is 0 Å². The van der Waals surface area contributed by atoms with Crippen LogP contribution in [0, 0.1) is 12.3 Å². The van der Waals surface area contributed by atoms with E-state index in [2.05, 4.69) is 16.1 Å². The fourth-order valence-electron chi connectivity index (χ4n) is 2.67. The molecule has 0 spiro atoms. The monoisotopic (exact) mass is 308 g/mol. The molecule has 0 radical (unpaired) electrons. The number of carbonyl (C=O) groups excluding carboxylic acids is 2. The molecule has 1 aliphatic heterocycles. The zero-order valence-electron chi connectivity index (χ0n) is 13.4. The summed E-state index contributed by atoms with van der Waals surface area (Å²) in [6.45, 7) is 10.5. The molecule has 1 N–H and O–H groups in total. The van der Waals surface area contributed by atoms with Gasteiger partial charge in [0.1, 0.15) is 12.1 Å². The van der Waals surface area contributed by atoms with Crippen LogP contribution in [0.3, 0.4) is 0 Å². The summed E-state index contributed by atoms with van der Waals surface area (Å²) < 4.78 is 0. The molecule has 2 heterocycles. The fraction of sp³-hybridized carbons (Fsp3) is 0.625. The van der Waals surface area contributed by atoms with Gasteiger partial charge in [-0.3, -0.25) is 9.59 Å². The molecule has 5 heteroatoms. The number of hydrogen-bond acceptors (Lipinski definition) is 3. The molecule has 2 amide bonds. The number of thiophene rings is 1. The van der Waals surface area contributed by atoms with E-state index >= 15 is 0 Å². The van der Waals surface area contributed by atoms with E-state index in [1.165, 1.54) is 5.56 Å². The zero-order valence-corrected chi connectivity index (χ0v) is 14.2. The van der Waals surface area contributed by atoms with Crippen molar-refractivity contribution in [2.75, 3.05) is 0 Å². The highest BCUT2D eigenvalue weighted by atomic mass is 32.1. The molecule has 1 fully saturated rings. The van der Waals surface area contributed by atoms with Gasteiger partial charge in [0.05, 0.1) is 0 Å². The van der Waals surface area contributed by atoms with E-state index in [0.29, 0.717) is 13.0 Å². The Kier molecular flexibility index (Phi) is 4.42. The standard InChI is InChI=1S/C16H24N2O2S/c1-6-12-14(19)17-13(16(3,4)5)15(20)18(12)7-11-9-21-8-10(11)2/h8-9,12-13H,6-7H2,1-5H3,(H,17,19). The minimum Gasteiger partial charge on any atom is -0.342 e. The highest BCUT2D eigenvalue weighted by Gasteiger charge is 2.44. The molecule has 1 aliphatic rings. The first-order valence-electron chi connectivity index (χ1n) is 7.38. The van der Waals surface area contributed by atoms with Crippen LogP contribution in [-0.2, 0) is 16.1 Å². The summed E-state index contributed by atoms with van der Waals surface area (Å²) in [4.78, 5) is 26.9. The van der Waals surface area contributed by atoms with Crippen molar-refractivity contribution < 1.29 is 9.59 Å². The molecule has 0 aliphatic carbocycles. The Bertz CT molecular complexity index is 545. The Balaban J connectivity index is 2.31. The van der Waals surface area contributed by atoms with E-state index < -0.39 is 6.04 Å². The van der Waals surface area contributed by atoms with Gasteiger partial charge in [-0.15, -0.1) is 0 Å². The maximum atomic E-state index is 12.8. The first-order chi connectivity index (χ1) is 9.75. The van der Waals surface area contributed by atoms with E-state index in [4.69, 9.17) is 0 Å². The minimum absolute atomic E-state index is 0.0274. The molecule has 4 nitrogen and oxygen atoms in total. The highest BCUT2D eigenvalue weighted by Crippen LogP contribution is 2.28. The smallest absolute Gasteiger partial charge is 0.246 e. The maximum absolute atomic E-state index is 12.8. The van der Waals surface area contributed by atoms with E-state index in [1.807, 2.05) is 34.6 Å². The molecule has 21 heavy (non-hydrogen) atoms. The van der Waals surface area contributed by atoms with Crippen LogP contribution >= 0.6 is 11.3 Å². The second-order valence-corrected chi connectivity index (χ2v) is 7.52. The summed E-state index contributed by atoms with van der Waals surface area (Å²) in [7, 11) is 0. The number of nitrogens with one attached hydrogen (secondary N) is 1. The Morgan fingerprint density at radius 2 is 1.95 bits per heavy atom. The number of hydrogen-bond donors (Lipinski definition) is 1. The average Bonchev–Trinajstić information content (AvgIpc) is 2.78. The van der Waals surface area contributed by atoms with Crippen LogP contribution in [0.1, 0.15) is 45.2 Å². The lowest BCUT2D eigenvalue weighted by atomic mass is 9.83. The van der Waals surface area contributed by atoms with Crippen LogP contribution in [0.25, 0.3) is 0 Å². The third kappa shape index (κ3) is 3.12. The fourth-order valence-corrected chi connectivity index (χ4v) is 3.52.